The van der Waals surface area contributed by atoms with E-state index in [4.69, 9.17) is 11.6 Å². The summed E-state index contributed by atoms with van der Waals surface area (Å²) in [5, 5.41) is 3.58. The number of carbonyl (C=O) groups is 1. The molecule has 0 radical (unpaired) electrons. The third kappa shape index (κ3) is 3.08. The first-order chi connectivity index (χ1) is 9.49. The number of carbonyl (C=O) groups excluding carboxylic acids is 1. The fraction of sp³-hybridized carbons (Fsp3) is 0.200. The summed E-state index contributed by atoms with van der Waals surface area (Å²) in [6.07, 6.45) is 3.54. The predicted molar refractivity (Wildman–Crippen MR) is 79.5 cm³/mol. The average molecular weight is 290 g/mol. The number of benzene rings is 1. The maximum Gasteiger partial charge on any atom is 0.247 e. The lowest BCUT2D eigenvalue weighted by Crippen LogP contribution is -2.31. The van der Waals surface area contributed by atoms with E-state index in [0.717, 1.165) is 11.4 Å². The fourth-order valence-electron chi connectivity index (χ4n) is 1.86. The lowest BCUT2D eigenvalue weighted by atomic mass is 10.1. The van der Waals surface area contributed by atoms with Crippen LogP contribution in [0.3, 0.4) is 0 Å². The maximum absolute atomic E-state index is 11.9. The second-order valence-corrected chi connectivity index (χ2v) is 5.07. The molecule has 0 aliphatic heterocycles. The van der Waals surface area contributed by atoms with Crippen LogP contribution in [-0.2, 0) is 11.8 Å². The van der Waals surface area contributed by atoms with E-state index < -0.39 is 0 Å². The molecule has 0 saturated carbocycles. The molecule has 0 spiro atoms. The molecule has 1 amide bonds. The van der Waals surface area contributed by atoms with Crippen LogP contribution in [0.1, 0.15) is 24.4 Å². The summed E-state index contributed by atoms with van der Waals surface area (Å²) < 4.78 is 1.87. The highest BCUT2D eigenvalue weighted by molar-refractivity contribution is 6.30. The Hall–Kier alpha value is -2.07. The number of aromatic nitrogens is 2. The second-order valence-electron chi connectivity index (χ2n) is 4.63. The highest BCUT2D eigenvalue weighted by Crippen LogP contribution is 2.22. The van der Waals surface area contributed by atoms with Crippen LogP contribution >= 0.6 is 11.6 Å². The number of rotatable bonds is 4. The van der Waals surface area contributed by atoms with E-state index in [2.05, 4.69) is 16.9 Å². The molecule has 1 N–H and O–H groups in total. The van der Waals surface area contributed by atoms with Crippen LogP contribution in [0.15, 0.2) is 48.8 Å². The zero-order chi connectivity index (χ0) is 14.7. The summed E-state index contributed by atoms with van der Waals surface area (Å²) in [4.78, 5) is 16.2. The first-order valence-corrected chi connectivity index (χ1v) is 6.56. The number of nitrogens with one attached hydrogen (secondary N) is 1. The Morgan fingerprint density at radius 1 is 1.40 bits per heavy atom. The number of hydrogen-bond donors (Lipinski definition) is 1. The summed E-state index contributed by atoms with van der Waals surface area (Å²) in [7, 11) is 1.89. The van der Waals surface area contributed by atoms with E-state index in [9.17, 15) is 4.79 Å². The van der Waals surface area contributed by atoms with Crippen LogP contribution in [0.4, 0.5) is 0 Å². The Bertz CT molecular complexity index is 631. The Labute approximate surface area is 123 Å². The molecule has 0 bridgehead atoms. The van der Waals surface area contributed by atoms with Gasteiger partial charge in [-0.3, -0.25) is 4.79 Å². The molecule has 1 aromatic heterocycles. The SMILES string of the molecule is C=C(C)C(=O)NC(c1ccc(Cl)cc1)c1nccn1C. The van der Waals surface area contributed by atoms with Crippen molar-refractivity contribution in [2.24, 2.45) is 7.05 Å². The first-order valence-electron chi connectivity index (χ1n) is 6.18. The van der Waals surface area contributed by atoms with Gasteiger partial charge in [0, 0.05) is 30.0 Å². The molecule has 2 rings (SSSR count). The molecule has 0 saturated heterocycles. The van der Waals surface area contributed by atoms with Crippen molar-refractivity contribution in [2.45, 2.75) is 13.0 Å². The van der Waals surface area contributed by atoms with Crippen molar-refractivity contribution in [3.05, 3.63) is 65.2 Å². The topological polar surface area (TPSA) is 46.9 Å². The van der Waals surface area contributed by atoms with Crippen molar-refractivity contribution in [2.75, 3.05) is 0 Å². The summed E-state index contributed by atoms with van der Waals surface area (Å²) >= 11 is 5.91. The third-order valence-corrected chi connectivity index (χ3v) is 3.24. The minimum atomic E-state index is -0.337. The molecule has 1 heterocycles. The standard InChI is InChI=1S/C15H16ClN3O/c1-10(2)15(20)18-13(14-17-8-9-19(14)3)11-4-6-12(16)7-5-11/h4-9,13H,1H2,2-3H3,(H,18,20). The summed E-state index contributed by atoms with van der Waals surface area (Å²) in [6.45, 7) is 5.33. The Balaban J connectivity index is 2.39. The lowest BCUT2D eigenvalue weighted by Gasteiger charge is -2.19. The van der Waals surface area contributed by atoms with Crippen LogP contribution in [0.5, 0.6) is 0 Å². The molecule has 1 unspecified atom stereocenters. The van der Waals surface area contributed by atoms with Gasteiger partial charge in [-0.1, -0.05) is 30.3 Å². The quantitative estimate of drug-likeness (QED) is 0.880. The zero-order valence-corrected chi connectivity index (χ0v) is 12.2. The minimum absolute atomic E-state index is 0.201. The molecule has 4 nitrogen and oxygen atoms in total. The van der Waals surface area contributed by atoms with Gasteiger partial charge in [-0.25, -0.2) is 4.98 Å². The smallest absolute Gasteiger partial charge is 0.247 e. The van der Waals surface area contributed by atoms with Crippen molar-refractivity contribution < 1.29 is 4.79 Å². The normalized spacial score (nSPS) is 11.9. The van der Waals surface area contributed by atoms with Gasteiger partial charge in [0.2, 0.25) is 5.91 Å². The van der Waals surface area contributed by atoms with Gasteiger partial charge in [-0.05, 0) is 24.6 Å². The molecule has 104 valence electrons. The number of nitrogens with zero attached hydrogens (tertiary/aromatic N) is 2. The monoisotopic (exact) mass is 289 g/mol. The zero-order valence-electron chi connectivity index (χ0n) is 11.4. The van der Waals surface area contributed by atoms with Gasteiger partial charge in [-0.2, -0.15) is 0 Å². The number of imidazole rings is 1. The first kappa shape index (κ1) is 14.3. The summed E-state index contributed by atoms with van der Waals surface area (Å²) in [6, 6.07) is 7.00. The molecule has 0 fully saturated rings. The lowest BCUT2D eigenvalue weighted by molar-refractivity contribution is -0.117. The van der Waals surface area contributed by atoms with E-state index >= 15 is 0 Å². The largest absolute Gasteiger partial charge is 0.338 e. The highest BCUT2D eigenvalue weighted by atomic mass is 35.5. The molecule has 2 aromatic rings. The molecule has 5 heteroatoms. The average Bonchev–Trinajstić information content (AvgIpc) is 2.83. The number of aryl methyl sites for hydroxylation is 1. The van der Waals surface area contributed by atoms with Gasteiger partial charge in [0.25, 0.3) is 0 Å². The van der Waals surface area contributed by atoms with Crippen molar-refractivity contribution in [1.82, 2.24) is 14.9 Å². The molecular formula is C15H16ClN3O. The summed E-state index contributed by atoms with van der Waals surface area (Å²) in [5.74, 6) is 0.551. The van der Waals surface area contributed by atoms with Crippen molar-refractivity contribution in [3.8, 4) is 0 Å². The van der Waals surface area contributed by atoms with Crippen LogP contribution in [0, 0.1) is 0 Å². The Kier molecular flexibility index (Phi) is 4.25. The maximum atomic E-state index is 11.9. The van der Waals surface area contributed by atoms with Gasteiger partial charge in [0.1, 0.15) is 11.9 Å². The Morgan fingerprint density at radius 2 is 2.05 bits per heavy atom. The van der Waals surface area contributed by atoms with Crippen molar-refractivity contribution in [3.63, 3.8) is 0 Å². The molecule has 0 aliphatic carbocycles. The van der Waals surface area contributed by atoms with Crippen molar-refractivity contribution in [1.29, 1.82) is 0 Å². The van der Waals surface area contributed by atoms with Crippen LogP contribution in [0.25, 0.3) is 0 Å². The number of hydrogen-bond acceptors (Lipinski definition) is 2. The molecule has 20 heavy (non-hydrogen) atoms. The third-order valence-electron chi connectivity index (χ3n) is 2.98. The van der Waals surface area contributed by atoms with E-state index in [0.29, 0.717) is 10.6 Å². The second kappa shape index (κ2) is 5.92. The van der Waals surface area contributed by atoms with Gasteiger partial charge in [0.15, 0.2) is 0 Å². The van der Waals surface area contributed by atoms with Gasteiger partial charge in [0.05, 0.1) is 0 Å². The van der Waals surface area contributed by atoms with Gasteiger partial charge >= 0.3 is 0 Å². The van der Waals surface area contributed by atoms with Gasteiger partial charge < -0.3 is 9.88 Å². The van der Waals surface area contributed by atoms with E-state index in [1.165, 1.54) is 0 Å². The van der Waals surface area contributed by atoms with Crippen molar-refractivity contribution >= 4 is 17.5 Å². The highest BCUT2D eigenvalue weighted by Gasteiger charge is 2.20. The van der Waals surface area contributed by atoms with E-state index in [1.54, 1.807) is 25.3 Å². The molecule has 1 aromatic carbocycles. The number of halogens is 1. The van der Waals surface area contributed by atoms with Crippen LogP contribution in [-0.4, -0.2) is 15.5 Å². The molecular weight excluding hydrogens is 274 g/mol. The molecule has 1 atom stereocenters. The minimum Gasteiger partial charge on any atom is -0.338 e. The van der Waals surface area contributed by atoms with Crippen LogP contribution in [0.2, 0.25) is 5.02 Å². The molecule has 0 aliphatic rings. The fourth-order valence-corrected chi connectivity index (χ4v) is 1.99. The summed E-state index contributed by atoms with van der Waals surface area (Å²) in [5.41, 5.74) is 1.37. The number of amides is 1. The van der Waals surface area contributed by atoms with Gasteiger partial charge in [-0.15, -0.1) is 0 Å². The Morgan fingerprint density at radius 3 is 2.55 bits per heavy atom. The van der Waals surface area contributed by atoms with Crippen LogP contribution < -0.4 is 5.32 Å². The van der Waals surface area contributed by atoms with E-state index in [1.807, 2.05) is 29.9 Å². The predicted octanol–water partition coefficient (Wildman–Crippen LogP) is 2.86. The van der Waals surface area contributed by atoms with E-state index in [-0.39, 0.29) is 11.9 Å².